The van der Waals surface area contributed by atoms with E-state index in [4.69, 9.17) is 11.6 Å². The summed E-state index contributed by atoms with van der Waals surface area (Å²) >= 11 is 6.35. The van der Waals surface area contributed by atoms with Gasteiger partial charge in [0.05, 0.1) is 17.8 Å². The molecule has 1 heterocycles. The van der Waals surface area contributed by atoms with Crippen LogP contribution in [0.25, 0.3) is 0 Å². The van der Waals surface area contributed by atoms with Crippen molar-refractivity contribution in [3.63, 3.8) is 0 Å². The van der Waals surface area contributed by atoms with Crippen molar-refractivity contribution >= 4 is 23.4 Å². The number of carbonyl (C=O) groups excluding carboxylic acids is 2. The molecule has 0 aliphatic rings. The maximum atomic E-state index is 13.0. The molecule has 6 nitrogen and oxygen atoms in total. The number of aromatic nitrogens is 2. The van der Waals surface area contributed by atoms with Crippen molar-refractivity contribution < 1.29 is 14.0 Å². The van der Waals surface area contributed by atoms with Gasteiger partial charge in [-0.1, -0.05) is 23.7 Å². The quantitative estimate of drug-likeness (QED) is 0.646. The molecule has 0 saturated heterocycles. The highest BCUT2D eigenvalue weighted by atomic mass is 35.5. The summed E-state index contributed by atoms with van der Waals surface area (Å²) in [5.74, 6) is -0.547. The number of nitrogens with zero attached hydrogens (tertiary/aromatic N) is 3. The molecule has 2 amide bonds. The number of benzene rings is 1. The lowest BCUT2D eigenvalue weighted by Crippen LogP contribution is -2.31. The van der Waals surface area contributed by atoms with Crippen LogP contribution in [-0.4, -0.2) is 46.1 Å². The van der Waals surface area contributed by atoms with Crippen LogP contribution in [0.15, 0.2) is 24.3 Å². The lowest BCUT2D eigenvalue weighted by Gasteiger charge is -2.18. The molecule has 0 radical (unpaired) electrons. The summed E-state index contributed by atoms with van der Waals surface area (Å²) in [6.45, 7) is 7.69. The second kappa shape index (κ2) is 10.2. The van der Waals surface area contributed by atoms with E-state index in [-0.39, 0.29) is 22.8 Å². The average molecular weight is 409 g/mol. The highest BCUT2D eigenvalue weighted by molar-refractivity contribution is 6.33. The summed E-state index contributed by atoms with van der Waals surface area (Å²) in [4.78, 5) is 26.2. The molecule has 0 unspecified atom stereocenters. The Morgan fingerprint density at radius 1 is 1.21 bits per heavy atom. The van der Waals surface area contributed by atoms with Crippen molar-refractivity contribution in [2.24, 2.45) is 0 Å². The van der Waals surface area contributed by atoms with Crippen LogP contribution in [-0.2, 0) is 11.3 Å². The Balaban J connectivity index is 1.93. The molecule has 1 aromatic carbocycles. The second-order valence-electron chi connectivity index (χ2n) is 6.46. The fourth-order valence-corrected chi connectivity index (χ4v) is 3.26. The topological polar surface area (TPSA) is 67.2 Å². The first-order chi connectivity index (χ1) is 13.4. The molecule has 8 heteroatoms. The van der Waals surface area contributed by atoms with Crippen LogP contribution >= 0.6 is 11.6 Å². The number of rotatable bonds is 9. The number of hydrogen-bond acceptors (Lipinski definition) is 3. The molecule has 1 aromatic heterocycles. The van der Waals surface area contributed by atoms with E-state index in [1.165, 1.54) is 16.8 Å². The van der Waals surface area contributed by atoms with Gasteiger partial charge in [-0.15, -0.1) is 0 Å². The van der Waals surface area contributed by atoms with Gasteiger partial charge < -0.3 is 10.2 Å². The lowest BCUT2D eigenvalue weighted by molar-refractivity contribution is -0.130. The average Bonchev–Trinajstić information content (AvgIpc) is 2.95. The molecule has 0 atom stereocenters. The van der Waals surface area contributed by atoms with Crippen molar-refractivity contribution in [2.45, 2.75) is 40.2 Å². The molecule has 0 bridgehead atoms. The standard InChI is InChI=1S/C20H26ClFN4O2/c1-4-25(5-2)17(27)7-6-12-23-20(28)18-14(3)24-26(19(18)21)13-15-8-10-16(22)11-9-15/h8-11H,4-7,12-13H2,1-3H3,(H,23,28). The van der Waals surface area contributed by atoms with Crippen molar-refractivity contribution in [1.82, 2.24) is 20.0 Å². The van der Waals surface area contributed by atoms with Crippen LogP contribution in [0.4, 0.5) is 4.39 Å². The van der Waals surface area contributed by atoms with Crippen LogP contribution in [0.1, 0.15) is 48.3 Å². The van der Waals surface area contributed by atoms with Gasteiger partial charge in [0.15, 0.2) is 0 Å². The van der Waals surface area contributed by atoms with E-state index in [9.17, 15) is 14.0 Å². The number of nitrogens with one attached hydrogen (secondary N) is 1. The number of carbonyl (C=O) groups is 2. The van der Waals surface area contributed by atoms with E-state index >= 15 is 0 Å². The summed E-state index contributed by atoms with van der Waals surface area (Å²) in [5.41, 5.74) is 1.66. The van der Waals surface area contributed by atoms with Gasteiger partial charge in [0.1, 0.15) is 11.0 Å². The van der Waals surface area contributed by atoms with E-state index in [0.29, 0.717) is 50.3 Å². The van der Waals surface area contributed by atoms with Crippen molar-refractivity contribution in [3.8, 4) is 0 Å². The number of hydrogen-bond donors (Lipinski definition) is 1. The predicted octanol–water partition coefficient (Wildman–Crippen LogP) is 3.41. The van der Waals surface area contributed by atoms with Crippen LogP contribution in [0, 0.1) is 12.7 Å². The first kappa shape index (κ1) is 21.9. The predicted molar refractivity (Wildman–Crippen MR) is 107 cm³/mol. The smallest absolute Gasteiger partial charge is 0.256 e. The molecule has 2 aromatic rings. The van der Waals surface area contributed by atoms with E-state index in [1.807, 2.05) is 13.8 Å². The Bertz CT molecular complexity index is 816. The van der Waals surface area contributed by atoms with Crippen LogP contribution in [0.3, 0.4) is 0 Å². The third-order valence-electron chi connectivity index (χ3n) is 4.51. The van der Waals surface area contributed by atoms with Crippen LogP contribution in [0.2, 0.25) is 5.15 Å². The van der Waals surface area contributed by atoms with E-state index in [0.717, 1.165) is 5.56 Å². The van der Waals surface area contributed by atoms with Crippen molar-refractivity contribution in [2.75, 3.05) is 19.6 Å². The Hall–Kier alpha value is -2.41. The largest absolute Gasteiger partial charge is 0.352 e. The summed E-state index contributed by atoms with van der Waals surface area (Å²) in [6.07, 6.45) is 0.944. The lowest BCUT2D eigenvalue weighted by atomic mass is 10.2. The van der Waals surface area contributed by atoms with Gasteiger partial charge in [0.2, 0.25) is 5.91 Å². The first-order valence-electron chi connectivity index (χ1n) is 9.40. The van der Waals surface area contributed by atoms with Crippen molar-refractivity contribution in [3.05, 3.63) is 52.1 Å². The zero-order valence-corrected chi connectivity index (χ0v) is 17.2. The fourth-order valence-electron chi connectivity index (χ4n) is 2.94. The third kappa shape index (κ3) is 5.55. The molecular formula is C20H26ClFN4O2. The van der Waals surface area contributed by atoms with E-state index < -0.39 is 0 Å². The monoisotopic (exact) mass is 408 g/mol. The van der Waals surface area contributed by atoms with Gasteiger partial charge in [-0.2, -0.15) is 5.10 Å². The third-order valence-corrected chi connectivity index (χ3v) is 4.89. The second-order valence-corrected chi connectivity index (χ2v) is 6.82. The Morgan fingerprint density at radius 3 is 2.46 bits per heavy atom. The van der Waals surface area contributed by atoms with Crippen LogP contribution < -0.4 is 5.32 Å². The molecule has 28 heavy (non-hydrogen) atoms. The minimum absolute atomic E-state index is 0.0839. The molecule has 0 spiro atoms. The SMILES string of the molecule is CCN(CC)C(=O)CCCNC(=O)c1c(C)nn(Cc2ccc(F)cc2)c1Cl. The molecule has 0 aliphatic carbocycles. The van der Waals surface area contributed by atoms with Gasteiger partial charge in [0.25, 0.3) is 5.91 Å². The van der Waals surface area contributed by atoms with Crippen LogP contribution in [0.5, 0.6) is 0 Å². The van der Waals surface area contributed by atoms with Gasteiger partial charge in [0, 0.05) is 26.1 Å². The summed E-state index contributed by atoms with van der Waals surface area (Å²) in [6, 6.07) is 6.03. The number of aryl methyl sites for hydroxylation is 1. The highest BCUT2D eigenvalue weighted by Crippen LogP contribution is 2.21. The molecule has 2 rings (SSSR count). The Kier molecular flexibility index (Phi) is 7.99. The summed E-state index contributed by atoms with van der Waals surface area (Å²) in [5, 5.41) is 7.35. The fraction of sp³-hybridized carbons (Fsp3) is 0.450. The minimum atomic E-state index is -0.317. The zero-order valence-electron chi connectivity index (χ0n) is 16.5. The highest BCUT2D eigenvalue weighted by Gasteiger charge is 2.20. The summed E-state index contributed by atoms with van der Waals surface area (Å²) in [7, 11) is 0. The van der Waals surface area contributed by atoms with Gasteiger partial charge in [-0.25, -0.2) is 9.07 Å². The van der Waals surface area contributed by atoms with Gasteiger partial charge in [-0.05, 0) is 44.9 Å². The van der Waals surface area contributed by atoms with Crippen molar-refractivity contribution in [1.29, 1.82) is 0 Å². The molecule has 0 fully saturated rings. The van der Waals surface area contributed by atoms with E-state index in [1.54, 1.807) is 24.0 Å². The zero-order chi connectivity index (χ0) is 20.7. The molecule has 0 saturated carbocycles. The molecule has 0 aliphatic heterocycles. The molecular weight excluding hydrogens is 383 g/mol. The van der Waals surface area contributed by atoms with Gasteiger partial charge >= 0.3 is 0 Å². The summed E-state index contributed by atoms with van der Waals surface area (Å²) < 4.78 is 14.6. The Morgan fingerprint density at radius 2 is 1.86 bits per heavy atom. The Labute approximate surface area is 169 Å². The molecule has 152 valence electrons. The minimum Gasteiger partial charge on any atom is -0.352 e. The van der Waals surface area contributed by atoms with E-state index in [2.05, 4.69) is 10.4 Å². The first-order valence-corrected chi connectivity index (χ1v) is 9.78. The molecule has 1 N–H and O–H groups in total. The number of halogens is 2. The van der Waals surface area contributed by atoms with Gasteiger partial charge in [-0.3, -0.25) is 9.59 Å². The maximum Gasteiger partial charge on any atom is 0.256 e. The maximum absolute atomic E-state index is 13.0. The number of amides is 2. The normalized spacial score (nSPS) is 10.8.